The van der Waals surface area contributed by atoms with Gasteiger partial charge in [-0.15, -0.1) is 0 Å². The maximum atomic E-state index is 11.4. The van der Waals surface area contributed by atoms with Gasteiger partial charge in [-0.2, -0.15) is 4.73 Å². The Morgan fingerprint density at radius 3 is 2.71 bits per heavy atom. The molecule has 1 aromatic heterocycles. The van der Waals surface area contributed by atoms with Crippen LogP contribution >= 0.6 is 0 Å². The molecule has 3 heteroatoms. The predicted molar refractivity (Wildman–Crippen MR) is 52.9 cm³/mol. The second-order valence-electron chi connectivity index (χ2n) is 3.13. The summed E-state index contributed by atoms with van der Waals surface area (Å²) in [5.41, 5.74) is 1.12. The van der Waals surface area contributed by atoms with Crippen molar-refractivity contribution in [2.45, 2.75) is 6.92 Å². The normalized spacial score (nSPS) is 10.4. The van der Waals surface area contributed by atoms with Crippen molar-refractivity contribution in [3.8, 4) is 0 Å². The zero-order chi connectivity index (χ0) is 10.1. The third kappa shape index (κ3) is 1.23. The highest BCUT2D eigenvalue weighted by molar-refractivity contribution is 6.05. The molecule has 0 fully saturated rings. The van der Waals surface area contributed by atoms with Crippen molar-refractivity contribution in [3.63, 3.8) is 0 Å². The van der Waals surface area contributed by atoms with E-state index in [0.717, 1.165) is 4.73 Å². The Hall–Kier alpha value is -1.90. The zero-order valence-corrected chi connectivity index (χ0v) is 7.73. The number of aromatic nitrogens is 1. The molecule has 0 saturated carbocycles. The molecule has 1 heterocycles. The summed E-state index contributed by atoms with van der Waals surface area (Å²) in [7, 11) is 0. The molecule has 2 aromatic rings. The molecule has 0 amide bonds. The van der Waals surface area contributed by atoms with Gasteiger partial charge in [0.25, 0.3) is 0 Å². The summed E-state index contributed by atoms with van der Waals surface area (Å²) in [6, 6.07) is 8.63. The molecule has 0 atom stereocenters. The quantitative estimate of drug-likeness (QED) is 0.387. The second kappa shape index (κ2) is 3.10. The van der Waals surface area contributed by atoms with Crippen LogP contribution < -0.4 is 4.73 Å². The zero-order valence-electron chi connectivity index (χ0n) is 7.73. The average Bonchev–Trinajstić information content (AvgIpc) is 2.18. The number of fused-ring (bicyclic) bond motifs is 1. The molecule has 2 rings (SSSR count). The Morgan fingerprint density at radius 1 is 1.29 bits per heavy atom. The van der Waals surface area contributed by atoms with Crippen molar-refractivity contribution in [2.75, 3.05) is 0 Å². The molecule has 1 aromatic carbocycles. The van der Waals surface area contributed by atoms with Crippen LogP contribution in [0.25, 0.3) is 10.9 Å². The lowest BCUT2D eigenvalue weighted by molar-refractivity contribution is -0.577. The van der Waals surface area contributed by atoms with E-state index in [1.165, 1.54) is 13.1 Å². The Balaban J connectivity index is 2.88. The highest BCUT2D eigenvalue weighted by Crippen LogP contribution is 2.14. The number of para-hydroxylation sites is 1. The first-order valence-corrected chi connectivity index (χ1v) is 4.32. The van der Waals surface area contributed by atoms with Gasteiger partial charge in [-0.25, -0.2) is 0 Å². The number of benzene rings is 1. The van der Waals surface area contributed by atoms with E-state index < -0.39 is 0 Å². The summed E-state index contributed by atoms with van der Waals surface area (Å²) in [4.78, 5) is 11.3. The number of Topliss-reactive ketones (excluding diaryl/α,β-unsaturated/α-hetero) is 1. The molecule has 3 nitrogen and oxygen atoms in total. The molecule has 0 unspecified atom stereocenters. The van der Waals surface area contributed by atoms with Gasteiger partial charge in [-0.3, -0.25) is 4.79 Å². The van der Waals surface area contributed by atoms with E-state index in [9.17, 15) is 10.0 Å². The number of hydrogen-bond acceptors (Lipinski definition) is 2. The topological polar surface area (TPSA) is 44.0 Å². The van der Waals surface area contributed by atoms with Crippen LogP contribution in [0.4, 0.5) is 0 Å². The molecule has 0 saturated heterocycles. The van der Waals surface area contributed by atoms with Crippen molar-refractivity contribution < 1.29 is 9.52 Å². The van der Waals surface area contributed by atoms with Crippen LogP contribution in [0.3, 0.4) is 0 Å². The summed E-state index contributed by atoms with van der Waals surface area (Å²) < 4.78 is 0.766. The first-order chi connectivity index (χ1) is 6.70. The van der Waals surface area contributed by atoms with Crippen molar-refractivity contribution >= 4 is 16.7 Å². The maximum absolute atomic E-state index is 11.4. The minimum atomic E-state index is -0.0261. The molecule has 0 N–H and O–H groups in total. The molecule has 0 radical (unpaired) electrons. The Labute approximate surface area is 81.2 Å². The molecule has 0 aliphatic rings. The number of pyridine rings is 1. The molecular weight excluding hydrogens is 178 g/mol. The minimum absolute atomic E-state index is 0.0261. The van der Waals surface area contributed by atoms with Crippen LogP contribution in [-0.2, 0) is 0 Å². The summed E-state index contributed by atoms with van der Waals surface area (Å²) in [6.45, 7) is 1.50. The first-order valence-electron chi connectivity index (χ1n) is 4.32. The number of carbonyl (C=O) groups excluding carboxylic acids is 1. The number of ketones is 1. The van der Waals surface area contributed by atoms with E-state index in [4.69, 9.17) is 0 Å². The SMILES string of the molecule is CC(=O)c1cc[n+]([O-])c2ccccc12. The third-order valence-corrected chi connectivity index (χ3v) is 2.19. The fourth-order valence-electron chi connectivity index (χ4n) is 1.51. The van der Waals surface area contributed by atoms with Crippen molar-refractivity contribution in [3.05, 3.63) is 47.3 Å². The highest BCUT2D eigenvalue weighted by atomic mass is 16.5. The molecular formula is C11H9NO2. The van der Waals surface area contributed by atoms with Gasteiger partial charge in [0.05, 0.1) is 5.39 Å². The fourth-order valence-corrected chi connectivity index (χ4v) is 1.51. The summed E-state index contributed by atoms with van der Waals surface area (Å²) in [6.07, 6.45) is 1.36. The highest BCUT2D eigenvalue weighted by Gasteiger charge is 2.10. The fraction of sp³-hybridized carbons (Fsp3) is 0.0909. The minimum Gasteiger partial charge on any atom is -0.618 e. The van der Waals surface area contributed by atoms with Gasteiger partial charge in [-0.1, -0.05) is 12.1 Å². The van der Waals surface area contributed by atoms with Gasteiger partial charge in [0, 0.05) is 17.7 Å². The van der Waals surface area contributed by atoms with Crippen LogP contribution in [0.2, 0.25) is 0 Å². The van der Waals surface area contributed by atoms with E-state index >= 15 is 0 Å². The largest absolute Gasteiger partial charge is 0.618 e. The van der Waals surface area contributed by atoms with E-state index in [1.807, 2.05) is 6.07 Å². The van der Waals surface area contributed by atoms with Crippen LogP contribution in [0.5, 0.6) is 0 Å². The van der Waals surface area contributed by atoms with Crippen LogP contribution in [0, 0.1) is 5.21 Å². The molecule has 0 bridgehead atoms. The molecule has 0 aliphatic heterocycles. The van der Waals surface area contributed by atoms with E-state index in [0.29, 0.717) is 16.5 Å². The van der Waals surface area contributed by atoms with E-state index in [1.54, 1.807) is 24.3 Å². The third-order valence-electron chi connectivity index (χ3n) is 2.19. The van der Waals surface area contributed by atoms with Gasteiger partial charge in [0.15, 0.2) is 12.0 Å². The second-order valence-corrected chi connectivity index (χ2v) is 3.13. The van der Waals surface area contributed by atoms with Crippen molar-refractivity contribution in [1.29, 1.82) is 0 Å². The lowest BCUT2D eigenvalue weighted by atomic mass is 10.1. The Morgan fingerprint density at radius 2 is 2.00 bits per heavy atom. The monoisotopic (exact) mass is 187 g/mol. The summed E-state index contributed by atoms with van der Waals surface area (Å²) in [5.74, 6) is -0.0261. The van der Waals surface area contributed by atoms with Gasteiger partial charge in [0.2, 0.25) is 5.52 Å². The smallest absolute Gasteiger partial charge is 0.224 e. The van der Waals surface area contributed by atoms with Gasteiger partial charge in [0.1, 0.15) is 0 Å². The predicted octanol–water partition coefficient (Wildman–Crippen LogP) is 1.68. The van der Waals surface area contributed by atoms with E-state index in [-0.39, 0.29) is 5.78 Å². The summed E-state index contributed by atoms with van der Waals surface area (Å²) in [5, 5.41) is 12.1. The van der Waals surface area contributed by atoms with Crippen molar-refractivity contribution in [1.82, 2.24) is 0 Å². The molecule has 0 spiro atoms. The number of nitrogens with zero attached hydrogens (tertiary/aromatic N) is 1. The number of carbonyl (C=O) groups is 1. The van der Waals surface area contributed by atoms with Crippen molar-refractivity contribution in [2.24, 2.45) is 0 Å². The van der Waals surface area contributed by atoms with Crippen LogP contribution in [-0.4, -0.2) is 5.78 Å². The Bertz CT molecular complexity index is 506. The molecule has 0 aliphatic carbocycles. The van der Waals surface area contributed by atoms with Gasteiger partial charge < -0.3 is 5.21 Å². The van der Waals surface area contributed by atoms with Crippen LogP contribution in [0.1, 0.15) is 17.3 Å². The van der Waals surface area contributed by atoms with Crippen LogP contribution in [0.15, 0.2) is 36.5 Å². The first kappa shape index (κ1) is 8.69. The number of rotatable bonds is 1. The maximum Gasteiger partial charge on any atom is 0.224 e. The summed E-state index contributed by atoms with van der Waals surface area (Å²) >= 11 is 0. The standard InChI is InChI=1S/C11H9NO2/c1-8(13)9-6-7-12(14)11-5-3-2-4-10(9)11/h2-7H,1H3. The molecule has 70 valence electrons. The Kier molecular flexibility index (Phi) is 1.93. The molecule has 14 heavy (non-hydrogen) atoms. The lowest BCUT2D eigenvalue weighted by Gasteiger charge is -2.03. The van der Waals surface area contributed by atoms with Gasteiger partial charge in [-0.05, 0) is 13.0 Å². The lowest BCUT2D eigenvalue weighted by Crippen LogP contribution is -2.26. The van der Waals surface area contributed by atoms with Gasteiger partial charge >= 0.3 is 0 Å². The number of hydrogen-bond donors (Lipinski definition) is 0. The van der Waals surface area contributed by atoms with E-state index in [2.05, 4.69) is 0 Å². The average molecular weight is 187 g/mol.